The number of allylic oxidation sites excluding steroid dienone is 1. The molecule has 1 heterocycles. The van der Waals surface area contributed by atoms with Crippen LogP contribution >= 0.6 is 0 Å². The van der Waals surface area contributed by atoms with Gasteiger partial charge in [-0.05, 0) is 32.3 Å². The summed E-state index contributed by atoms with van der Waals surface area (Å²) in [6.45, 7) is 11.1. The number of hydrogen-bond acceptors (Lipinski definition) is 1. The zero-order valence-corrected chi connectivity index (χ0v) is 10.2. The van der Waals surface area contributed by atoms with Crippen molar-refractivity contribution in [3.63, 3.8) is 0 Å². The molecule has 0 amide bonds. The lowest BCUT2D eigenvalue weighted by Gasteiger charge is -2.34. The van der Waals surface area contributed by atoms with Crippen molar-refractivity contribution in [1.29, 1.82) is 0 Å². The fourth-order valence-electron chi connectivity index (χ4n) is 2.07. The lowest BCUT2D eigenvalue weighted by molar-refractivity contribution is 0.457. The third kappa shape index (κ3) is 2.26. The second kappa shape index (κ2) is 4.29. The third-order valence-corrected chi connectivity index (χ3v) is 3.34. The van der Waals surface area contributed by atoms with Gasteiger partial charge in [0.2, 0.25) is 0 Å². The van der Waals surface area contributed by atoms with Crippen molar-refractivity contribution < 1.29 is 0 Å². The maximum atomic E-state index is 4.83. The summed E-state index contributed by atoms with van der Waals surface area (Å²) in [6, 6.07) is 0.470. The quantitative estimate of drug-likeness (QED) is 0.588. The van der Waals surface area contributed by atoms with Crippen LogP contribution in [-0.2, 0) is 0 Å². The van der Waals surface area contributed by atoms with Gasteiger partial charge in [0.05, 0.1) is 6.04 Å². The molecule has 1 nitrogen and oxygen atoms in total. The third-order valence-electron chi connectivity index (χ3n) is 3.34. The molecule has 14 heavy (non-hydrogen) atoms. The summed E-state index contributed by atoms with van der Waals surface area (Å²) in [5, 5.41) is 0. The zero-order valence-electron chi connectivity index (χ0n) is 10.2. The Balaban J connectivity index is 2.93. The first-order valence-corrected chi connectivity index (χ1v) is 5.71. The van der Waals surface area contributed by atoms with Gasteiger partial charge < -0.3 is 0 Å². The highest BCUT2D eigenvalue weighted by Gasteiger charge is 2.30. The highest BCUT2D eigenvalue weighted by atomic mass is 14.8. The Bertz CT molecular complexity index is 258. The Hall–Kier alpha value is -0.590. The van der Waals surface area contributed by atoms with E-state index in [2.05, 4.69) is 40.7 Å². The molecule has 0 fully saturated rings. The minimum absolute atomic E-state index is 0.270. The van der Waals surface area contributed by atoms with Crippen molar-refractivity contribution in [2.75, 3.05) is 0 Å². The van der Waals surface area contributed by atoms with E-state index in [0.717, 1.165) is 0 Å². The van der Waals surface area contributed by atoms with Gasteiger partial charge in [0.25, 0.3) is 0 Å². The lowest BCUT2D eigenvalue weighted by Crippen LogP contribution is -2.31. The molecule has 1 heteroatoms. The Morgan fingerprint density at radius 3 is 2.64 bits per heavy atom. The van der Waals surface area contributed by atoms with Crippen molar-refractivity contribution in [1.82, 2.24) is 0 Å². The molecule has 1 aliphatic heterocycles. The molecule has 0 saturated carbocycles. The maximum absolute atomic E-state index is 4.83. The molecule has 1 rings (SSSR count). The van der Waals surface area contributed by atoms with Gasteiger partial charge in [0.15, 0.2) is 0 Å². The fraction of sp³-hybridized carbons (Fsp3) is 0.769. The van der Waals surface area contributed by atoms with E-state index in [1.807, 2.05) is 0 Å². The van der Waals surface area contributed by atoms with Gasteiger partial charge in [-0.15, -0.1) is 0 Å². The SMILES string of the molecule is C/C=C1/CC(C)(C)C(C)=NC1CCC. The summed E-state index contributed by atoms with van der Waals surface area (Å²) in [5.41, 5.74) is 3.12. The molecule has 0 aliphatic carbocycles. The smallest absolute Gasteiger partial charge is 0.0708 e. The number of nitrogens with zero attached hydrogens (tertiary/aromatic N) is 1. The number of hydrogen-bond donors (Lipinski definition) is 0. The van der Waals surface area contributed by atoms with Crippen molar-refractivity contribution in [2.45, 2.75) is 59.9 Å². The van der Waals surface area contributed by atoms with Gasteiger partial charge in [0.1, 0.15) is 0 Å². The summed E-state index contributed by atoms with van der Waals surface area (Å²) in [6.07, 6.45) is 5.87. The average Bonchev–Trinajstić information content (AvgIpc) is 2.12. The van der Waals surface area contributed by atoms with E-state index in [9.17, 15) is 0 Å². The van der Waals surface area contributed by atoms with Crippen LogP contribution in [0.4, 0.5) is 0 Å². The summed E-state index contributed by atoms with van der Waals surface area (Å²) in [7, 11) is 0. The van der Waals surface area contributed by atoms with Crippen molar-refractivity contribution in [2.24, 2.45) is 10.4 Å². The molecule has 0 radical (unpaired) electrons. The van der Waals surface area contributed by atoms with Crippen LogP contribution < -0.4 is 0 Å². The van der Waals surface area contributed by atoms with Crippen LogP contribution in [0.1, 0.15) is 53.9 Å². The second-order valence-electron chi connectivity index (χ2n) is 4.94. The monoisotopic (exact) mass is 193 g/mol. The molecule has 1 unspecified atom stereocenters. The molecule has 0 spiro atoms. The van der Waals surface area contributed by atoms with Crippen molar-refractivity contribution in [3.8, 4) is 0 Å². The molecule has 0 aromatic heterocycles. The first kappa shape index (κ1) is 11.5. The van der Waals surface area contributed by atoms with E-state index >= 15 is 0 Å². The number of aliphatic imine (C=N–C) groups is 1. The lowest BCUT2D eigenvalue weighted by atomic mass is 9.76. The van der Waals surface area contributed by atoms with Crippen LogP contribution in [0.5, 0.6) is 0 Å². The largest absolute Gasteiger partial charge is 0.286 e. The molecule has 0 saturated heterocycles. The average molecular weight is 193 g/mol. The van der Waals surface area contributed by atoms with E-state index in [0.29, 0.717) is 6.04 Å². The Morgan fingerprint density at radius 1 is 1.50 bits per heavy atom. The van der Waals surface area contributed by atoms with Crippen molar-refractivity contribution >= 4 is 5.71 Å². The Labute approximate surface area is 88.3 Å². The van der Waals surface area contributed by atoms with E-state index in [4.69, 9.17) is 4.99 Å². The summed E-state index contributed by atoms with van der Waals surface area (Å²) in [4.78, 5) is 4.83. The van der Waals surface area contributed by atoms with E-state index in [1.165, 1.54) is 30.5 Å². The van der Waals surface area contributed by atoms with Crippen LogP contribution in [0.25, 0.3) is 0 Å². The topological polar surface area (TPSA) is 12.4 Å². The Kier molecular flexibility index (Phi) is 3.52. The molecule has 1 atom stereocenters. The van der Waals surface area contributed by atoms with Crippen LogP contribution in [-0.4, -0.2) is 11.8 Å². The maximum Gasteiger partial charge on any atom is 0.0708 e. The zero-order chi connectivity index (χ0) is 10.8. The highest BCUT2D eigenvalue weighted by molar-refractivity contribution is 5.88. The molecule has 1 aliphatic rings. The summed E-state index contributed by atoms with van der Waals surface area (Å²) in [5.74, 6) is 0. The van der Waals surface area contributed by atoms with Gasteiger partial charge in [0, 0.05) is 11.1 Å². The van der Waals surface area contributed by atoms with Gasteiger partial charge >= 0.3 is 0 Å². The minimum atomic E-state index is 0.270. The van der Waals surface area contributed by atoms with Crippen LogP contribution in [0.2, 0.25) is 0 Å². The minimum Gasteiger partial charge on any atom is -0.286 e. The summed E-state index contributed by atoms with van der Waals surface area (Å²) < 4.78 is 0. The van der Waals surface area contributed by atoms with E-state index < -0.39 is 0 Å². The fourth-order valence-corrected chi connectivity index (χ4v) is 2.07. The van der Waals surface area contributed by atoms with E-state index in [1.54, 1.807) is 0 Å². The molecule has 0 aromatic carbocycles. The Morgan fingerprint density at radius 2 is 2.14 bits per heavy atom. The van der Waals surface area contributed by atoms with Gasteiger partial charge in [-0.25, -0.2) is 0 Å². The first-order valence-electron chi connectivity index (χ1n) is 5.71. The highest BCUT2D eigenvalue weighted by Crippen LogP contribution is 2.35. The molecular formula is C13H23N. The van der Waals surface area contributed by atoms with Crippen LogP contribution in [0.3, 0.4) is 0 Å². The molecular weight excluding hydrogens is 170 g/mol. The van der Waals surface area contributed by atoms with Crippen molar-refractivity contribution in [3.05, 3.63) is 11.6 Å². The first-order chi connectivity index (χ1) is 6.51. The molecule has 80 valence electrons. The van der Waals surface area contributed by atoms with Crippen LogP contribution in [0.15, 0.2) is 16.6 Å². The van der Waals surface area contributed by atoms with E-state index in [-0.39, 0.29) is 5.41 Å². The van der Waals surface area contributed by atoms with Gasteiger partial charge in [-0.2, -0.15) is 0 Å². The predicted octanol–water partition coefficient (Wildman–Crippen LogP) is 3.99. The van der Waals surface area contributed by atoms with Gasteiger partial charge in [-0.1, -0.05) is 33.3 Å². The summed E-state index contributed by atoms with van der Waals surface area (Å²) >= 11 is 0. The molecule has 0 aromatic rings. The standard InChI is InChI=1S/C13H23N/c1-6-8-12-11(7-2)9-13(4,5)10(3)14-12/h7,12H,6,8-9H2,1-5H3/b11-7-. The van der Waals surface area contributed by atoms with Gasteiger partial charge in [-0.3, -0.25) is 4.99 Å². The number of rotatable bonds is 2. The van der Waals surface area contributed by atoms with Crippen LogP contribution in [0, 0.1) is 5.41 Å². The second-order valence-corrected chi connectivity index (χ2v) is 4.94. The normalized spacial score (nSPS) is 29.1. The molecule has 0 N–H and O–H groups in total. The predicted molar refractivity (Wildman–Crippen MR) is 64.0 cm³/mol. The molecule has 0 bridgehead atoms.